The highest BCUT2D eigenvalue weighted by Gasteiger charge is 2.18. The van der Waals surface area contributed by atoms with Crippen molar-refractivity contribution in [3.63, 3.8) is 0 Å². The van der Waals surface area contributed by atoms with Crippen LogP contribution >= 0.6 is 0 Å². The van der Waals surface area contributed by atoms with E-state index < -0.39 is 0 Å². The standard InChI is InChI=1S/C26H27N5O/c1-19-5-6-20-17-21(26(32)29-24(20)16-19)18-28-22-7-9-23(10-8-22)30-12-14-31(15-13-30)25-4-2-3-11-27-25/h2-11,16-17,28H,12-15,18H2,1H3,(H,29,32). The number of hydrogen-bond donors (Lipinski definition) is 2. The Balaban J connectivity index is 1.20. The third kappa shape index (κ3) is 4.30. The van der Waals surface area contributed by atoms with E-state index in [9.17, 15) is 4.79 Å². The van der Waals surface area contributed by atoms with E-state index in [-0.39, 0.29) is 5.56 Å². The van der Waals surface area contributed by atoms with Crippen LogP contribution in [-0.4, -0.2) is 36.1 Å². The van der Waals surface area contributed by atoms with Crippen molar-refractivity contribution in [2.45, 2.75) is 13.5 Å². The maximum absolute atomic E-state index is 12.4. The van der Waals surface area contributed by atoms with Gasteiger partial charge >= 0.3 is 0 Å². The summed E-state index contributed by atoms with van der Waals surface area (Å²) in [5.41, 5.74) is 4.93. The summed E-state index contributed by atoms with van der Waals surface area (Å²) < 4.78 is 0. The first-order chi connectivity index (χ1) is 15.7. The normalized spacial score (nSPS) is 14.0. The monoisotopic (exact) mass is 425 g/mol. The number of fused-ring (bicyclic) bond motifs is 1. The van der Waals surface area contributed by atoms with Crippen molar-refractivity contribution in [3.05, 3.63) is 94.4 Å². The minimum Gasteiger partial charge on any atom is -0.381 e. The number of aromatic nitrogens is 2. The predicted octanol–water partition coefficient (Wildman–Crippen LogP) is 4.17. The number of anilines is 3. The molecule has 32 heavy (non-hydrogen) atoms. The van der Waals surface area contributed by atoms with E-state index in [2.05, 4.69) is 61.5 Å². The van der Waals surface area contributed by atoms with Crippen molar-refractivity contribution in [1.29, 1.82) is 0 Å². The Hall–Kier alpha value is -3.80. The van der Waals surface area contributed by atoms with Crippen LogP contribution in [0.5, 0.6) is 0 Å². The number of rotatable bonds is 5. The topological polar surface area (TPSA) is 64.3 Å². The number of benzene rings is 2. The number of aryl methyl sites for hydroxylation is 1. The quantitative estimate of drug-likeness (QED) is 0.502. The molecule has 2 aromatic carbocycles. The van der Waals surface area contributed by atoms with Gasteiger partial charge in [0.05, 0.1) is 0 Å². The highest BCUT2D eigenvalue weighted by molar-refractivity contribution is 5.79. The molecule has 4 aromatic rings. The van der Waals surface area contributed by atoms with Crippen molar-refractivity contribution in [1.82, 2.24) is 9.97 Å². The van der Waals surface area contributed by atoms with Gasteiger partial charge in [-0.3, -0.25) is 4.79 Å². The fourth-order valence-corrected chi connectivity index (χ4v) is 4.21. The minimum atomic E-state index is -0.0435. The molecule has 1 aliphatic heterocycles. The molecule has 0 bridgehead atoms. The zero-order valence-electron chi connectivity index (χ0n) is 18.2. The van der Waals surface area contributed by atoms with Crippen molar-refractivity contribution in [2.75, 3.05) is 41.3 Å². The highest BCUT2D eigenvalue weighted by atomic mass is 16.1. The lowest BCUT2D eigenvalue weighted by Gasteiger charge is -2.36. The second kappa shape index (κ2) is 8.75. The van der Waals surface area contributed by atoms with E-state index in [0.717, 1.165) is 59.7 Å². The Morgan fingerprint density at radius 3 is 2.47 bits per heavy atom. The average Bonchev–Trinajstić information content (AvgIpc) is 2.84. The minimum absolute atomic E-state index is 0.0435. The Bertz CT molecular complexity index is 1260. The molecule has 2 aromatic heterocycles. The molecule has 0 radical (unpaired) electrons. The van der Waals surface area contributed by atoms with E-state index in [1.54, 1.807) is 0 Å². The predicted molar refractivity (Wildman–Crippen MR) is 132 cm³/mol. The second-order valence-electron chi connectivity index (χ2n) is 8.28. The van der Waals surface area contributed by atoms with Gasteiger partial charge in [0, 0.05) is 61.4 Å². The zero-order valence-corrected chi connectivity index (χ0v) is 18.2. The first-order valence-electron chi connectivity index (χ1n) is 11.0. The van der Waals surface area contributed by atoms with Crippen LogP contribution in [0.25, 0.3) is 10.9 Å². The SMILES string of the molecule is Cc1ccc2cc(CNc3ccc(N4CCN(c5ccccn5)CC4)cc3)c(=O)[nH]c2c1. The molecule has 1 fully saturated rings. The molecule has 0 saturated carbocycles. The lowest BCUT2D eigenvalue weighted by Crippen LogP contribution is -2.46. The molecular formula is C26H27N5O. The van der Waals surface area contributed by atoms with E-state index in [1.165, 1.54) is 5.69 Å². The van der Waals surface area contributed by atoms with E-state index >= 15 is 0 Å². The molecule has 0 aliphatic carbocycles. The molecule has 0 amide bonds. The average molecular weight is 426 g/mol. The van der Waals surface area contributed by atoms with Gasteiger partial charge in [0.1, 0.15) is 5.82 Å². The molecule has 0 spiro atoms. The smallest absolute Gasteiger partial charge is 0.253 e. The Morgan fingerprint density at radius 1 is 0.938 bits per heavy atom. The van der Waals surface area contributed by atoms with Crippen LogP contribution in [0.1, 0.15) is 11.1 Å². The van der Waals surface area contributed by atoms with Gasteiger partial charge in [-0.05, 0) is 66.4 Å². The van der Waals surface area contributed by atoms with Crippen LogP contribution in [0.3, 0.4) is 0 Å². The third-order valence-corrected chi connectivity index (χ3v) is 6.05. The lowest BCUT2D eigenvalue weighted by atomic mass is 10.1. The van der Waals surface area contributed by atoms with Crippen LogP contribution in [-0.2, 0) is 6.54 Å². The summed E-state index contributed by atoms with van der Waals surface area (Å²) in [7, 11) is 0. The molecule has 162 valence electrons. The zero-order chi connectivity index (χ0) is 21.9. The number of hydrogen-bond acceptors (Lipinski definition) is 5. The maximum atomic E-state index is 12.4. The van der Waals surface area contributed by atoms with Crippen molar-refractivity contribution < 1.29 is 0 Å². The fourth-order valence-electron chi connectivity index (χ4n) is 4.21. The molecule has 6 heteroatoms. The maximum Gasteiger partial charge on any atom is 0.253 e. The van der Waals surface area contributed by atoms with Crippen molar-refractivity contribution in [2.24, 2.45) is 0 Å². The van der Waals surface area contributed by atoms with Gasteiger partial charge in [-0.1, -0.05) is 18.2 Å². The summed E-state index contributed by atoms with van der Waals surface area (Å²) in [6.45, 7) is 6.37. The van der Waals surface area contributed by atoms with Gasteiger partial charge < -0.3 is 20.1 Å². The number of H-pyrrole nitrogens is 1. The summed E-state index contributed by atoms with van der Waals surface area (Å²) >= 11 is 0. The molecule has 3 heterocycles. The largest absolute Gasteiger partial charge is 0.381 e. The van der Waals surface area contributed by atoms with Crippen molar-refractivity contribution in [3.8, 4) is 0 Å². The van der Waals surface area contributed by atoms with Crippen molar-refractivity contribution >= 4 is 28.1 Å². The summed E-state index contributed by atoms with van der Waals surface area (Å²) in [5, 5.41) is 4.43. The number of nitrogens with one attached hydrogen (secondary N) is 2. The van der Waals surface area contributed by atoms with E-state index in [1.807, 2.05) is 43.5 Å². The Labute approximate surface area is 187 Å². The van der Waals surface area contributed by atoms with E-state index in [0.29, 0.717) is 6.54 Å². The third-order valence-electron chi connectivity index (χ3n) is 6.05. The van der Waals surface area contributed by atoms with Gasteiger partial charge in [0.25, 0.3) is 5.56 Å². The molecule has 2 N–H and O–H groups in total. The number of aromatic amines is 1. The molecular weight excluding hydrogens is 398 g/mol. The summed E-state index contributed by atoms with van der Waals surface area (Å²) in [6, 6.07) is 22.6. The summed E-state index contributed by atoms with van der Waals surface area (Å²) in [6.07, 6.45) is 1.85. The number of pyridine rings is 2. The van der Waals surface area contributed by atoms with Crippen LogP contribution in [0, 0.1) is 6.92 Å². The van der Waals surface area contributed by atoms with Crippen LogP contribution in [0.15, 0.2) is 77.7 Å². The molecule has 0 unspecified atom stereocenters. The van der Waals surface area contributed by atoms with Gasteiger partial charge in [-0.15, -0.1) is 0 Å². The van der Waals surface area contributed by atoms with Gasteiger partial charge in [0.15, 0.2) is 0 Å². The fraction of sp³-hybridized carbons (Fsp3) is 0.231. The molecule has 1 aliphatic rings. The lowest BCUT2D eigenvalue weighted by molar-refractivity contribution is 0.647. The van der Waals surface area contributed by atoms with E-state index in [4.69, 9.17) is 0 Å². The van der Waals surface area contributed by atoms with Crippen LogP contribution in [0.4, 0.5) is 17.2 Å². The molecule has 5 rings (SSSR count). The molecule has 1 saturated heterocycles. The van der Waals surface area contributed by atoms with Gasteiger partial charge in [-0.25, -0.2) is 4.98 Å². The van der Waals surface area contributed by atoms with Gasteiger partial charge in [-0.2, -0.15) is 0 Å². The first-order valence-corrected chi connectivity index (χ1v) is 11.0. The number of piperazine rings is 1. The molecule has 0 atom stereocenters. The Morgan fingerprint density at radius 2 is 1.72 bits per heavy atom. The second-order valence-corrected chi connectivity index (χ2v) is 8.28. The summed E-state index contributed by atoms with van der Waals surface area (Å²) in [4.78, 5) is 24.6. The molecule has 6 nitrogen and oxygen atoms in total. The first kappa shape index (κ1) is 20.1. The van der Waals surface area contributed by atoms with Crippen LogP contribution < -0.4 is 20.7 Å². The number of nitrogens with zero attached hydrogens (tertiary/aromatic N) is 3. The summed E-state index contributed by atoms with van der Waals surface area (Å²) in [5.74, 6) is 1.05. The highest BCUT2D eigenvalue weighted by Crippen LogP contribution is 2.22. The van der Waals surface area contributed by atoms with Crippen LogP contribution in [0.2, 0.25) is 0 Å². The van der Waals surface area contributed by atoms with Gasteiger partial charge in [0.2, 0.25) is 0 Å². The Kier molecular flexibility index (Phi) is 5.50.